The summed E-state index contributed by atoms with van der Waals surface area (Å²) in [5.41, 5.74) is 1.62. The summed E-state index contributed by atoms with van der Waals surface area (Å²) in [6.07, 6.45) is 1.16. The van der Waals surface area contributed by atoms with Crippen molar-refractivity contribution in [2.45, 2.75) is 20.1 Å². The molecule has 1 heterocycles. The van der Waals surface area contributed by atoms with Gasteiger partial charge in [0.05, 0.1) is 18.3 Å². The summed E-state index contributed by atoms with van der Waals surface area (Å²) in [5, 5.41) is 2.74. The van der Waals surface area contributed by atoms with Crippen LogP contribution in [0.5, 0.6) is 0 Å². The monoisotopic (exact) mass is 244 g/mol. The molecular weight excluding hydrogens is 228 g/mol. The number of nitrogens with one attached hydrogen (secondary N) is 1. The van der Waals surface area contributed by atoms with Gasteiger partial charge < -0.3 is 14.8 Å². The maximum absolute atomic E-state index is 11.6. The smallest absolute Gasteiger partial charge is 0.263 e. The quantitative estimate of drug-likeness (QED) is 0.734. The Kier molecular flexibility index (Phi) is 5.99. The third-order valence-electron chi connectivity index (χ3n) is 1.79. The van der Waals surface area contributed by atoms with E-state index < -0.39 is 0 Å². The third-order valence-corrected chi connectivity index (χ3v) is 2.56. The third kappa shape index (κ3) is 4.26. The topological polar surface area (TPSA) is 60.5 Å². The second kappa shape index (κ2) is 7.32. The van der Waals surface area contributed by atoms with E-state index in [1.807, 2.05) is 13.8 Å². The van der Waals surface area contributed by atoms with Gasteiger partial charge in [-0.05, 0) is 13.8 Å². The molecule has 1 N–H and O–H groups in total. The Morgan fingerprint density at radius 3 is 2.69 bits per heavy atom. The summed E-state index contributed by atoms with van der Waals surface area (Å²) in [6.45, 7) is 5.23. The first-order valence-corrected chi connectivity index (χ1v) is 6.05. The molecule has 0 bridgehead atoms. The molecule has 0 aromatic carbocycles. The molecule has 1 amide bonds. The number of carbonyl (C=O) groups is 1. The fourth-order valence-electron chi connectivity index (χ4n) is 1.13. The fraction of sp³-hybridized carbons (Fsp3) is 0.600. The largest absolute Gasteiger partial charge is 0.351 e. The number of hydrogen-bond donors (Lipinski definition) is 1. The molecule has 0 aliphatic rings. The van der Waals surface area contributed by atoms with Crippen LogP contribution in [-0.2, 0) is 9.47 Å². The Morgan fingerprint density at radius 2 is 2.19 bits per heavy atom. The molecular formula is C10H16N2O3S. The first kappa shape index (κ1) is 13.1. The molecule has 90 valence electrons. The van der Waals surface area contributed by atoms with E-state index in [2.05, 4.69) is 10.3 Å². The van der Waals surface area contributed by atoms with Gasteiger partial charge in [0.2, 0.25) is 0 Å². The van der Waals surface area contributed by atoms with Gasteiger partial charge in [0.15, 0.2) is 6.29 Å². The number of rotatable bonds is 7. The minimum Gasteiger partial charge on any atom is -0.351 e. The molecule has 6 heteroatoms. The van der Waals surface area contributed by atoms with Crippen LogP contribution >= 0.6 is 11.3 Å². The Morgan fingerprint density at radius 1 is 1.50 bits per heavy atom. The minimum absolute atomic E-state index is 0.146. The average Bonchev–Trinajstić information content (AvgIpc) is 2.79. The van der Waals surface area contributed by atoms with Gasteiger partial charge in [-0.1, -0.05) is 0 Å². The summed E-state index contributed by atoms with van der Waals surface area (Å²) in [7, 11) is 0. The molecule has 0 spiro atoms. The van der Waals surface area contributed by atoms with Gasteiger partial charge in [-0.25, -0.2) is 0 Å². The van der Waals surface area contributed by atoms with Crippen LogP contribution in [-0.4, -0.2) is 36.9 Å². The lowest BCUT2D eigenvalue weighted by Gasteiger charge is -2.16. The molecule has 1 aromatic rings. The predicted octanol–water partition coefficient (Wildman–Crippen LogP) is 1.27. The maximum atomic E-state index is 11.6. The van der Waals surface area contributed by atoms with Crippen LogP contribution in [0, 0.1) is 0 Å². The summed E-state index contributed by atoms with van der Waals surface area (Å²) in [4.78, 5) is 16.0. The summed E-state index contributed by atoms with van der Waals surface area (Å²) >= 11 is 1.30. The molecule has 1 aromatic heterocycles. The predicted molar refractivity (Wildman–Crippen MR) is 61.5 cm³/mol. The van der Waals surface area contributed by atoms with E-state index in [9.17, 15) is 4.79 Å². The van der Waals surface area contributed by atoms with Crippen molar-refractivity contribution in [2.24, 2.45) is 0 Å². The zero-order valence-electron chi connectivity index (χ0n) is 9.43. The summed E-state index contributed by atoms with van der Waals surface area (Å²) < 4.78 is 10.6. The molecule has 0 fully saturated rings. The highest BCUT2D eigenvalue weighted by molar-refractivity contribution is 7.11. The Hall–Kier alpha value is -0.980. The molecule has 0 aliphatic heterocycles. The molecule has 0 unspecified atom stereocenters. The van der Waals surface area contributed by atoms with Crippen molar-refractivity contribution in [3.8, 4) is 0 Å². The van der Waals surface area contributed by atoms with E-state index in [-0.39, 0.29) is 12.2 Å². The molecule has 5 nitrogen and oxygen atoms in total. The van der Waals surface area contributed by atoms with E-state index >= 15 is 0 Å². The van der Waals surface area contributed by atoms with Gasteiger partial charge in [-0.15, -0.1) is 11.3 Å². The van der Waals surface area contributed by atoms with Crippen molar-refractivity contribution in [1.82, 2.24) is 10.3 Å². The lowest BCUT2D eigenvalue weighted by atomic mass is 10.5. The first-order chi connectivity index (χ1) is 7.77. The van der Waals surface area contributed by atoms with Crippen molar-refractivity contribution in [1.29, 1.82) is 0 Å². The molecule has 0 aliphatic carbocycles. The number of ether oxygens (including phenoxy) is 2. The van der Waals surface area contributed by atoms with E-state index in [4.69, 9.17) is 9.47 Å². The normalized spacial score (nSPS) is 10.7. The van der Waals surface area contributed by atoms with Crippen LogP contribution in [0.25, 0.3) is 0 Å². The van der Waals surface area contributed by atoms with E-state index in [0.29, 0.717) is 24.6 Å². The van der Waals surface area contributed by atoms with Crippen LogP contribution < -0.4 is 5.32 Å². The first-order valence-electron chi connectivity index (χ1n) is 5.17. The Bertz CT molecular complexity index is 297. The van der Waals surface area contributed by atoms with Crippen molar-refractivity contribution < 1.29 is 14.3 Å². The Balaban J connectivity index is 2.34. The minimum atomic E-state index is -0.383. The molecule has 1 rings (SSSR count). The SMILES string of the molecule is CCOC(CNC(=O)c1cncs1)OCC. The van der Waals surface area contributed by atoms with Crippen LogP contribution in [0.1, 0.15) is 23.5 Å². The van der Waals surface area contributed by atoms with Crippen molar-refractivity contribution in [3.63, 3.8) is 0 Å². The van der Waals surface area contributed by atoms with Gasteiger partial charge in [0.25, 0.3) is 5.91 Å². The molecule has 0 saturated carbocycles. The maximum Gasteiger partial charge on any atom is 0.263 e. The number of carbonyl (C=O) groups excluding carboxylic acids is 1. The molecule has 16 heavy (non-hydrogen) atoms. The van der Waals surface area contributed by atoms with Crippen LogP contribution in [0.3, 0.4) is 0 Å². The zero-order chi connectivity index (χ0) is 11.8. The van der Waals surface area contributed by atoms with Crippen LogP contribution in [0.15, 0.2) is 11.7 Å². The molecule has 0 atom stereocenters. The number of nitrogens with zero attached hydrogens (tertiary/aromatic N) is 1. The highest BCUT2D eigenvalue weighted by Gasteiger charge is 2.11. The number of amides is 1. The molecule has 0 radical (unpaired) electrons. The van der Waals surface area contributed by atoms with Crippen molar-refractivity contribution in [2.75, 3.05) is 19.8 Å². The average molecular weight is 244 g/mol. The second-order valence-electron chi connectivity index (χ2n) is 2.92. The van der Waals surface area contributed by atoms with Gasteiger partial charge in [-0.2, -0.15) is 0 Å². The van der Waals surface area contributed by atoms with E-state index in [0.717, 1.165) is 0 Å². The van der Waals surface area contributed by atoms with Crippen molar-refractivity contribution >= 4 is 17.2 Å². The lowest BCUT2D eigenvalue weighted by molar-refractivity contribution is -0.131. The molecule has 0 saturated heterocycles. The van der Waals surface area contributed by atoms with Gasteiger partial charge in [0.1, 0.15) is 4.88 Å². The standard InChI is InChI=1S/C10H16N2O3S/c1-3-14-9(15-4-2)6-12-10(13)8-5-11-7-16-8/h5,7,9H,3-4,6H2,1-2H3,(H,12,13). The van der Waals surface area contributed by atoms with Crippen LogP contribution in [0.4, 0.5) is 0 Å². The lowest BCUT2D eigenvalue weighted by Crippen LogP contribution is -2.35. The summed E-state index contributed by atoms with van der Waals surface area (Å²) in [6, 6.07) is 0. The van der Waals surface area contributed by atoms with Gasteiger partial charge in [0, 0.05) is 13.2 Å². The number of hydrogen-bond acceptors (Lipinski definition) is 5. The highest BCUT2D eigenvalue weighted by Crippen LogP contribution is 2.04. The zero-order valence-corrected chi connectivity index (χ0v) is 10.3. The summed E-state index contributed by atoms with van der Waals surface area (Å²) in [5.74, 6) is -0.146. The Labute approximate surface area is 98.8 Å². The highest BCUT2D eigenvalue weighted by atomic mass is 32.1. The number of aromatic nitrogens is 1. The van der Waals surface area contributed by atoms with Gasteiger partial charge >= 0.3 is 0 Å². The van der Waals surface area contributed by atoms with Crippen LogP contribution in [0.2, 0.25) is 0 Å². The second-order valence-corrected chi connectivity index (χ2v) is 3.80. The van der Waals surface area contributed by atoms with Gasteiger partial charge in [-0.3, -0.25) is 9.78 Å². The van der Waals surface area contributed by atoms with E-state index in [1.165, 1.54) is 17.5 Å². The fourth-order valence-corrected chi connectivity index (χ4v) is 1.67. The van der Waals surface area contributed by atoms with E-state index in [1.54, 1.807) is 5.51 Å². The van der Waals surface area contributed by atoms with Crippen molar-refractivity contribution in [3.05, 3.63) is 16.6 Å². The number of thiazole rings is 1.